The predicted octanol–water partition coefficient (Wildman–Crippen LogP) is 3.51. The van der Waals surface area contributed by atoms with Crippen molar-refractivity contribution < 1.29 is 9.53 Å². The van der Waals surface area contributed by atoms with Gasteiger partial charge in [0.15, 0.2) is 0 Å². The normalized spacial score (nSPS) is 11.2. The van der Waals surface area contributed by atoms with E-state index in [0.29, 0.717) is 11.3 Å². The van der Waals surface area contributed by atoms with Crippen LogP contribution in [-0.2, 0) is 10.2 Å². The third-order valence-electron chi connectivity index (χ3n) is 3.38. The van der Waals surface area contributed by atoms with Gasteiger partial charge in [-0.15, -0.1) is 11.3 Å². The van der Waals surface area contributed by atoms with Crippen LogP contribution in [0.2, 0.25) is 0 Å². The first-order chi connectivity index (χ1) is 9.94. The molecule has 0 saturated carbocycles. The van der Waals surface area contributed by atoms with Gasteiger partial charge >= 0.3 is 5.97 Å². The number of hydrogen-bond donors (Lipinski definition) is 2. The van der Waals surface area contributed by atoms with E-state index in [1.54, 1.807) is 23.5 Å². The summed E-state index contributed by atoms with van der Waals surface area (Å²) in [5.74, 6) is -0.423. The third kappa shape index (κ3) is 3.55. The highest BCUT2D eigenvalue weighted by atomic mass is 32.1. The maximum Gasteiger partial charge on any atom is 0.340 e. The maximum absolute atomic E-state index is 11.6. The standard InChI is InChI=1S/C16H20N2O2S/c1-16(2,14-5-4-8-21-14)10-18-11-6-7-13(17)12(9-11)15(19)20-3/h4-9,18H,10,17H2,1-3H3. The van der Waals surface area contributed by atoms with Crippen molar-refractivity contribution in [2.24, 2.45) is 0 Å². The first-order valence-corrected chi connectivity index (χ1v) is 7.58. The summed E-state index contributed by atoms with van der Waals surface area (Å²) in [6, 6.07) is 9.50. The second kappa shape index (κ2) is 6.18. The van der Waals surface area contributed by atoms with Crippen molar-refractivity contribution in [3.05, 3.63) is 46.2 Å². The average Bonchev–Trinajstić information content (AvgIpc) is 3.00. The molecule has 5 heteroatoms. The molecule has 0 aliphatic rings. The Morgan fingerprint density at radius 2 is 2.14 bits per heavy atom. The van der Waals surface area contributed by atoms with Crippen LogP contribution >= 0.6 is 11.3 Å². The molecule has 0 atom stereocenters. The number of carbonyl (C=O) groups excluding carboxylic acids is 1. The summed E-state index contributed by atoms with van der Waals surface area (Å²) in [7, 11) is 1.35. The van der Waals surface area contributed by atoms with Gasteiger partial charge in [-0.05, 0) is 29.6 Å². The molecular weight excluding hydrogens is 284 g/mol. The maximum atomic E-state index is 11.6. The Labute approximate surface area is 128 Å². The predicted molar refractivity (Wildman–Crippen MR) is 88.0 cm³/mol. The van der Waals surface area contributed by atoms with Crippen LogP contribution in [0.25, 0.3) is 0 Å². The molecule has 112 valence electrons. The summed E-state index contributed by atoms with van der Waals surface area (Å²) >= 11 is 1.75. The largest absolute Gasteiger partial charge is 0.465 e. The Hall–Kier alpha value is -2.01. The number of esters is 1. The second-order valence-electron chi connectivity index (χ2n) is 5.51. The van der Waals surface area contributed by atoms with Crippen LogP contribution in [0.15, 0.2) is 35.7 Å². The van der Waals surface area contributed by atoms with Crippen LogP contribution in [0, 0.1) is 0 Å². The molecule has 0 fully saturated rings. The number of nitrogens with two attached hydrogens (primary N) is 1. The molecular formula is C16H20N2O2S. The Bertz CT molecular complexity index is 621. The minimum atomic E-state index is -0.423. The number of nitrogens with one attached hydrogen (secondary N) is 1. The molecule has 21 heavy (non-hydrogen) atoms. The number of methoxy groups -OCH3 is 1. The average molecular weight is 304 g/mol. The first-order valence-electron chi connectivity index (χ1n) is 6.70. The fraction of sp³-hybridized carbons (Fsp3) is 0.312. The van der Waals surface area contributed by atoms with Crippen LogP contribution in [-0.4, -0.2) is 19.6 Å². The Balaban J connectivity index is 2.12. The molecule has 3 N–H and O–H groups in total. The number of hydrogen-bond acceptors (Lipinski definition) is 5. The van der Waals surface area contributed by atoms with Gasteiger partial charge in [0, 0.05) is 28.2 Å². The quantitative estimate of drug-likeness (QED) is 0.655. The van der Waals surface area contributed by atoms with Gasteiger partial charge in [-0.25, -0.2) is 4.79 Å². The molecule has 2 aromatic rings. The van der Waals surface area contributed by atoms with Gasteiger partial charge in [0.2, 0.25) is 0 Å². The van der Waals surface area contributed by atoms with Crippen molar-refractivity contribution in [2.45, 2.75) is 19.3 Å². The van der Waals surface area contributed by atoms with E-state index < -0.39 is 5.97 Å². The summed E-state index contributed by atoms with van der Waals surface area (Å²) in [5.41, 5.74) is 7.48. The molecule has 1 aromatic heterocycles. The molecule has 0 bridgehead atoms. The number of carbonyl (C=O) groups is 1. The van der Waals surface area contributed by atoms with Crippen LogP contribution in [0.5, 0.6) is 0 Å². The zero-order chi connectivity index (χ0) is 15.5. The molecule has 0 unspecified atom stereocenters. The number of anilines is 2. The van der Waals surface area contributed by atoms with Crippen molar-refractivity contribution in [3.8, 4) is 0 Å². The zero-order valence-corrected chi connectivity index (χ0v) is 13.3. The Morgan fingerprint density at radius 1 is 1.38 bits per heavy atom. The van der Waals surface area contributed by atoms with Crippen LogP contribution in [0.3, 0.4) is 0 Å². The topological polar surface area (TPSA) is 64.3 Å². The second-order valence-corrected chi connectivity index (χ2v) is 6.46. The first kappa shape index (κ1) is 15.4. The number of benzene rings is 1. The lowest BCUT2D eigenvalue weighted by Gasteiger charge is -2.24. The lowest BCUT2D eigenvalue weighted by molar-refractivity contribution is 0.0602. The van der Waals surface area contributed by atoms with E-state index in [1.807, 2.05) is 6.07 Å². The van der Waals surface area contributed by atoms with E-state index in [-0.39, 0.29) is 5.41 Å². The summed E-state index contributed by atoms with van der Waals surface area (Å²) in [6.45, 7) is 5.13. The Morgan fingerprint density at radius 3 is 2.76 bits per heavy atom. The molecule has 0 aliphatic heterocycles. The highest BCUT2D eigenvalue weighted by Crippen LogP contribution is 2.28. The van der Waals surface area contributed by atoms with E-state index in [0.717, 1.165) is 12.2 Å². The van der Waals surface area contributed by atoms with Crippen LogP contribution < -0.4 is 11.1 Å². The Kier molecular flexibility index (Phi) is 4.53. The molecule has 0 aliphatic carbocycles. The lowest BCUT2D eigenvalue weighted by atomic mass is 9.91. The van der Waals surface area contributed by atoms with Gasteiger partial charge in [-0.2, -0.15) is 0 Å². The van der Waals surface area contributed by atoms with Crippen LogP contribution in [0.1, 0.15) is 29.1 Å². The number of nitrogen functional groups attached to an aromatic ring is 1. The van der Waals surface area contributed by atoms with E-state index in [2.05, 4.69) is 36.7 Å². The summed E-state index contributed by atoms with van der Waals surface area (Å²) in [6.07, 6.45) is 0. The summed E-state index contributed by atoms with van der Waals surface area (Å²) in [4.78, 5) is 13.0. The monoisotopic (exact) mass is 304 g/mol. The van der Waals surface area contributed by atoms with Crippen molar-refractivity contribution in [3.63, 3.8) is 0 Å². The van der Waals surface area contributed by atoms with Crippen molar-refractivity contribution in [1.82, 2.24) is 0 Å². The van der Waals surface area contributed by atoms with Gasteiger partial charge in [0.05, 0.1) is 12.7 Å². The molecule has 1 heterocycles. The molecule has 4 nitrogen and oxygen atoms in total. The fourth-order valence-corrected chi connectivity index (χ4v) is 2.88. The fourth-order valence-electron chi connectivity index (χ4n) is 2.03. The van der Waals surface area contributed by atoms with Crippen molar-refractivity contribution >= 4 is 28.7 Å². The lowest BCUT2D eigenvalue weighted by Crippen LogP contribution is -2.26. The third-order valence-corrected chi connectivity index (χ3v) is 4.62. The highest BCUT2D eigenvalue weighted by molar-refractivity contribution is 7.10. The zero-order valence-electron chi connectivity index (χ0n) is 12.5. The van der Waals surface area contributed by atoms with Crippen molar-refractivity contribution in [1.29, 1.82) is 0 Å². The van der Waals surface area contributed by atoms with Gasteiger partial charge in [-0.1, -0.05) is 19.9 Å². The summed E-state index contributed by atoms with van der Waals surface area (Å²) in [5, 5.41) is 5.44. The van der Waals surface area contributed by atoms with E-state index in [1.165, 1.54) is 12.0 Å². The minimum absolute atomic E-state index is 0.0149. The van der Waals surface area contributed by atoms with Gasteiger partial charge in [0.25, 0.3) is 0 Å². The molecule has 0 saturated heterocycles. The van der Waals surface area contributed by atoms with E-state index in [4.69, 9.17) is 10.5 Å². The van der Waals surface area contributed by atoms with Gasteiger partial charge < -0.3 is 15.8 Å². The van der Waals surface area contributed by atoms with Crippen LogP contribution in [0.4, 0.5) is 11.4 Å². The highest BCUT2D eigenvalue weighted by Gasteiger charge is 2.21. The molecule has 1 aromatic carbocycles. The van der Waals surface area contributed by atoms with E-state index >= 15 is 0 Å². The van der Waals surface area contributed by atoms with Gasteiger partial charge in [-0.3, -0.25) is 0 Å². The smallest absolute Gasteiger partial charge is 0.340 e. The minimum Gasteiger partial charge on any atom is -0.465 e. The number of ether oxygens (including phenoxy) is 1. The van der Waals surface area contributed by atoms with Gasteiger partial charge in [0.1, 0.15) is 0 Å². The van der Waals surface area contributed by atoms with E-state index in [9.17, 15) is 4.79 Å². The molecule has 0 radical (unpaired) electrons. The number of thiophene rings is 1. The summed E-state index contributed by atoms with van der Waals surface area (Å²) < 4.78 is 4.73. The molecule has 0 spiro atoms. The van der Waals surface area contributed by atoms with Crippen molar-refractivity contribution in [2.75, 3.05) is 24.7 Å². The SMILES string of the molecule is COC(=O)c1cc(NCC(C)(C)c2cccs2)ccc1N. The number of rotatable bonds is 5. The molecule has 0 amide bonds. The molecule has 2 rings (SSSR count).